The molecular weight excluding hydrogens is 450 g/mol. The molecule has 0 bridgehead atoms. The Morgan fingerprint density at radius 1 is 1.00 bits per heavy atom. The lowest BCUT2D eigenvalue weighted by Crippen LogP contribution is -2.47. The minimum atomic E-state index is -1.55. The van der Waals surface area contributed by atoms with Gasteiger partial charge in [0.1, 0.15) is 27.8 Å². The van der Waals surface area contributed by atoms with E-state index in [1.54, 1.807) is 20.8 Å². The highest BCUT2D eigenvalue weighted by atomic mass is 28.3. The summed E-state index contributed by atoms with van der Waals surface area (Å²) >= 11 is 0. The predicted molar refractivity (Wildman–Crippen MR) is 137 cm³/mol. The highest BCUT2D eigenvalue weighted by Crippen LogP contribution is 2.44. The molecule has 0 unspecified atom stereocenters. The summed E-state index contributed by atoms with van der Waals surface area (Å²) in [5, 5.41) is 0. The quantitative estimate of drug-likeness (QED) is 0.307. The van der Waals surface area contributed by atoms with Crippen molar-refractivity contribution in [2.45, 2.75) is 104 Å². The van der Waals surface area contributed by atoms with Crippen LogP contribution in [0.15, 0.2) is 0 Å². The summed E-state index contributed by atoms with van der Waals surface area (Å²) in [5.41, 5.74) is 4.97. The van der Waals surface area contributed by atoms with Gasteiger partial charge in [0.25, 0.3) is 0 Å². The van der Waals surface area contributed by atoms with Crippen LogP contribution in [0.4, 0.5) is 4.79 Å². The van der Waals surface area contributed by atoms with Crippen LogP contribution in [0.2, 0.25) is 39.3 Å². The molecule has 8 heteroatoms. The predicted octanol–water partition coefficient (Wildman–Crippen LogP) is 5.00. The summed E-state index contributed by atoms with van der Waals surface area (Å²) in [7, 11) is -1.83. The summed E-state index contributed by atoms with van der Waals surface area (Å²) < 4.78 is 10.4. The Kier molecular flexibility index (Phi) is 9.60. The van der Waals surface area contributed by atoms with Crippen molar-refractivity contribution in [1.29, 1.82) is 0 Å². The number of rotatable bonds is 5. The van der Waals surface area contributed by atoms with E-state index in [1.165, 1.54) is 7.11 Å². The molecule has 0 radical (unpaired) electrons. The van der Waals surface area contributed by atoms with Gasteiger partial charge in [0.15, 0.2) is 0 Å². The van der Waals surface area contributed by atoms with Gasteiger partial charge in [-0.25, -0.2) is 14.5 Å². The molecule has 2 amide bonds. The molecule has 1 rings (SSSR count). The number of ether oxygens (including phenoxy) is 2. The van der Waals surface area contributed by atoms with Crippen LogP contribution in [0.3, 0.4) is 0 Å². The van der Waals surface area contributed by atoms with Crippen LogP contribution in [0.25, 0.3) is 0 Å². The summed E-state index contributed by atoms with van der Waals surface area (Å²) in [4.78, 5) is 40.2. The number of imide groups is 1. The smallest absolute Gasteiger partial charge is 0.417 e. The van der Waals surface area contributed by atoms with Gasteiger partial charge in [0.05, 0.1) is 12.5 Å². The van der Waals surface area contributed by atoms with Crippen molar-refractivity contribution in [3.05, 3.63) is 0 Å². The third-order valence-electron chi connectivity index (χ3n) is 5.02. The zero-order chi connectivity index (χ0) is 25.7. The molecule has 1 atom stereocenters. The van der Waals surface area contributed by atoms with Crippen LogP contribution in [-0.4, -0.2) is 57.8 Å². The normalized spacial score (nSPS) is 18.1. The van der Waals surface area contributed by atoms with Crippen LogP contribution in [0, 0.1) is 28.3 Å². The molecule has 0 aromatic carbocycles. The molecular formula is C25H41NO5Si2. The first-order valence-electron chi connectivity index (χ1n) is 11.6. The first kappa shape index (κ1) is 29.0. The van der Waals surface area contributed by atoms with Gasteiger partial charge in [0, 0.05) is 12.8 Å². The maximum atomic E-state index is 13.7. The largest absolute Gasteiger partial charge is 0.467 e. The number of carbonyl (C=O) groups excluding carboxylic acids is 3. The van der Waals surface area contributed by atoms with Crippen LogP contribution in [0.1, 0.15) is 52.9 Å². The molecule has 184 valence electrons. The number of amides is 2. The lowest BCUT2D eigenvalue weighted by Gasteiger charge is -2.28. The van der Waals surface area contributed by atoms with E-state index in [0.717, 1.165) is 4.90 Å². The second-order valence-corrected chi connectivity index (χ2v) is 21.3. The monoisotopic (exact) mass is 491 g/mol. The molecule has 0 aliphatic carbocycles. The fourth-order valence-corrected chi connectivity index (χ4v) is 4.90. The maximum Gasteiger partial charge on any atom is 0.417 e. The molecule has 0 spiro atoms. The van der Waals surface area contributed by atoms with E-state index < -0.39 is 51.2 Å². The van der Waals surface area contributed by atoms with Crippen molar-refractivity contribution in [3.8, 4) is 22.9 Å². The average Bonchev–Trinajstić information content (AvgIpc) is 2.92. The number of carbonyl (C=O) groups is 3. The Morgan fingerprint density at radius 2 is 1.45 bits per heavy atom. The van der Waals surface area contributed by atoms with Gasteiger partial charge in [-0.15, -0.1) is 22.9 Å². The topological polar surface area (TPSA) is 72.9 Å². The Bertz CT molecular complexity index is 833. The van der Waals surface area contributed by atoms with Crippen LogP contribution < -0.4 is 0 Å². The van der Waals surface area contributed by atoms with E-state index in [-0.39, 0.29) is 6.42 Å². The number of esters is 1. The number of hydrogen-bond acceptors (Lipinski definition) is 5. The van der Waals surface area contributed by atoms with Gasteiger partial charge in [-0.05, 0) is 40.0 Å². The van der Waals surface area contributed by atoms with Crippen LogP contribution in [-0.2, 0) is 19.1 Å². The van der Waals surface area contributed by atoms with Gasteiger partial charge < -0.3 is 9.47 Å². The molecule has 0 N–H and O–H groups in total. The van der Waals surface area contributed by atoms with E-state index in [4.69, 9.17) is 9.47 Å². The van der Waals surface area contributed by atoms with E-state index in [9.17, 15) is 14.4 Å². The minimum Gasteiger partial charge on any atom is -0.467 e. The third-order valence-corrected chi connectivity index (χ3v) is 6.87. The van der Waals surface area contributed by atoms with Crippen molar-refractivity contribution < 1.29 is 23.9 Å². The molecule has 1 aliphatic heterocycles. The van der Waals surface area contributed by atoms with Gasteiger partial charge in [-0.3, -0.25) is 4.79 Å². The second kappa shape index (κ2) is 10.9. The average molecular weight is 492 g/mol. The lowest BCUT2D eigenvalue weighted by atomic mass is 9.76. The SMILES string of the molecule is COC(=O)[C@@H]1CC(CCC#C[Si](C)(C)C)(CCC#C[Si](C)(C)C)C(=O)N1C(=O)OC(C)(C)C. The summed E-state index contributed by atoms with van der Waals surface area (Å²) in [6.07, 6.45) is 1.35. The van der Waals surface area contributed by atoms with E-state index in [2.05, 4.69) is 62.2 Å². The zero-order valence-corrected chi connectivity index (χ0v) is 24.1. The molecule has 0 aromatic rings. The highest BCUT2D eigenvalue weighted by Gasteiger charge is 2.56. The summed E-state index contributed by atoms with van der Waals surface area (Å²) in [5.74, 6) is 5.46. The first-order valence-corrected chi connectivity index (χ1v) is 18.6. The van der Waals surface area contributed by atoms with E-state index >= 15 is 0 Å². The second-order valence-electron chi connectivity index (χ2n) is 11.8. The number of likely N-dealkylation sites (tertiary alicyclic amines) is 1. The Hall–Kier alpha value is -2.04. The van der Waals surface area contributed by atoms with E-state index in [1.807, 2.05) is 0 Å². The van der Waals surface area contributed by atoms with Gasteiger partial charge in [-0.1, -0.05) is 39.3 Å². The minimum absolute atomic E-state index is 0.195. The molecule has 0 saturated carbocycles. The van der Waals surface area contributed by atoms with Gasteiger partial charge in [0.2, 0.25) is 5.91 Å². The zero-order valence-electron chi connectivity index (χ0n) is 22.1. The first-order chi connectivity index (χ1) is 14.9. The Balaban J connectivity index is 3.33. The molecule has 1 heterocycles. The maximum absolute atomic E-state index is 13.7. The van der Waals surface area contributed by atoms with Crippen LogP contribution in [0.5, 0.6) is 0 Å². The fourth-order valence-electron chi connectivity index (χ4n) is 3.59. The van der Waals surface area contributed by atoms with Gasteiger partial charge >= 0.3 is 12.1 Å². The third kappa shape index (κ3) is 9.39. The van der Waals surface area contributed by atoms with E-state index in [0.29, 0.717) is 25.7 Å². The molecule has 1 aliphatic rings. The molecule has 33 heavy (non-hydrogen) atoms. The molecule has 1 saturated heterocycles. The summed E-state index contributed by atoms with van der Waals surface area (Å²) in [6.45, 7) is 18.2. The highest BCUT2D eigenvalue weighted by molar-refractivity contribution is 6.84. The molecule has 1 fully saturated rings. The van der Waals surface area contributed by atoms with Crippen molar-refractivity contribution in [2.24, 2.45) is 5.41 Å². The Labute approximate surface area is 202 Å². The number of hydrogen-bond donors (Lipinski definition) is 0. The van der Waals surface area contributed by atoms with Crippen molar-refractivity contribution in [1.82, 2.24) is 4.90 Å². The molecule has 6 nitrogen and oxygen atoms in total. The van der Waals surface area contributed by atoms with Crippen molar-refractivity contribution >= 4 is 34.1 Å². The lowest BCUT2D eigenvalue weighted by molar-refractivity contribution is -0.149. The number of methoxy groups -OCH3 is 1. The Morgan fingerprint density at radius 3 is 1.82 bits per heavy atom. The van der Waals surface area contributed by atoms with Crippen molar-refractivity contribution in [3.63, 3.8) is 0 Å². The fraction of sp³-hybridized carbons (Fsp3) is 0.720. The van der Waals surface area contributed by atoms with Crippen molar-refractivity contribution in [2.75, 3.05) is 7.11 Å². The molecule has 0 aromatic heterocycles. The standard InChI is InChI=1S/C25H41NO5Si2/c1-24(2,3)31-23(29)26-20(21(27)30-4)19-25(22(26)28,15-11-13-17-32(5,6)7)16-12-14-18-33(8,9)10/h20H,11-12,15-16,19H2,1-10H3/t20-/m0/s1. The van der Waals surface area contributed by atoms with Crippen LogP contribution >= 0.6 is 0 Å². The van der Waals surface area contributed by atoms with Gasteiger partial charge in [-0.2, -0.15) is 0 Å². The number of nitrogens with zero attached hydrogens (tertiary/aromatic N) is 1. The summed E-state index contributed by atoms with van der Waals surface area (Å²) in [6, 6.07) is -1.01.